The molecule has 0 aliphatic heterocycles. The number of hydrogen-bond acceptors (Lipinski definition) is 3. The molecule has 0 saturated heterocycles. The van der Waals surface area contributed by atoms with Gasteiger partial charge in [0.1, 0.15) is 6.04 Å². The van der Waals surface area contributed by atoms with Gasteiger partial charge in [-0.1, -0.05) is 76.9 Å². The highest BCUT2D eigenvalue weighted by molar-refractivity contribution is 5.74. The van der Waals surface area contributed by atoms with E-state index in [1.165, 1.54) is 84.0 Å². The standard InChI is InChI=1S/C22H43NO3/c1-3-4-5-6-7-8-9-10-11-12-13-14-15-16-17-18-19-23-21(20(2)24)22(25)26/h10-11,20-21,23-24H,3-9,12-19H2,1-2H3,(H,25,26)/b11-10-/t20-,21+/m1/s1. The monoisotopic (exact) mass is 369 g/mol. The fourth-order valence-electron chi connectivity index (χ4n) is 3.09. The van der Waals surface area contributed by atoms with Crippen LogP contribution in [-0.2, 0) is 4.79 Å². The molecule has 26 heavy (non-hydrogen) atoms. The van der Waals surface area contributed by atoms with E-state index in [2.05, 4.69) is 24.4 Å². The lowest BCUT2D eigenvalue weighted by Gasteiger charge is -2.16. The van der Waals surface area contributed by atoms with Crippen LogP contribution < -0.4 is 5.32 Å². The first-order valence-corrected chi connectivity index (χ1v) is 10.9. The highest BCUT2D eigenvalue weighted by Gasteiger charge is 2.21. The summed E-state index contributed by atoms with van der Waals surface area (Å²) in [6, 6.07) is -0.849. The number of hydrogen-bond donors (Lipinski definition) is 3. The third-order valence-corrected chi connectivity index (χ3v) is 4.80. The van der Waals surface area contributed by atoms with Crippen molar-refractivity contribution in [2.24, 2.45) is 0 Å². The number of aliphatic carboxylic acids is 1. The SMILES string of the molecule is CCCCCCCC/C=C\CCCCCCCCN[C@H](C(=O)O)[C@@H](C)O. The van der Waals surface area contributed by atoms with Crippen LogP contribution in [0.5, 0.6) is 0 Å². The molecule has 0 saturated carbocycles. The highest BCUT2D eigenvalue weighted by Crippen LogP contribution is 2.09. The van der Waals surface area contributed by atoms with Gasteiger partial charge in [0.2, 0.25) is 0 Å². The van der Waals surface area contributed by atoms with Gasteiger partial charge in [0.05, 0.1) is 6.10 Å². The largest absolute Gasteiger partial charge is 0.480 e. The van der Waals surface area contributed by atoms with E-state index in [1.807, 2.05) is 0 Å². The van der Waals surface area contributed by atoms with Crippen molar-refractivity contribution in [3.05, 3.63) is 12.2 Å². The smallest absolute Gasteiger partial charge is 0.323 e. The molecule has 0 heterocycles. The van der Waals surface area contributed by atoms with E-state index >= 15 is 0 Å². The number of nitrogens with one attached hydrogen (secondary N) is 1. The van der Waals surface area contributed by atoms with E-state index in [0.717, 1.165) is 12.8 Å². The summed E-state index contributed by atoms with van der Waals surface area (Å²) in [5.41, 5.74) is 0. The summed E-state index contributed by atoms with van der Waals surface area (Å²) in [5.74, 6) is -0.982. The Balaban J connectivity index is 3.28. The molecule has 0 aliphatic rings. The van der Waals surface area contributed by atoms with Crippen molar-refractivity contribution in [3.63, 3.8) is 0 Å². The van der Waals surface area contributed by atoms with Gasteiger partial charge >= 0.3 is 5.97 Å². The number of aliphatic hydroxyl groups is 1. The molecule has 0 aromatic heterocycles. The quantitative estimate of drug-likeness (QED) is 0.209. The first-order chi connectivity index (χ1) is 12.6. The molecule has 0 aromatic rings. The maximum atomic E-state index is 10.9. The zero-order valence-corrected chi connectivity index (χ0v) is 17.2. The third kappa shape index (κ3) is 16.6. The van der Waals surface area contributed by atoms with E-state index in [4.69, 9.17) is 5.11 Å². The molecule has 154 valence electrons. The van der Waals surface area contributed by atoms with Gasteiger partial charge < -0.3 is 15.5 Å². The molecule has 0 rings (SSSR count). The Morgan fingerprint density at radius 2 is 1.31 bits per heavy atom. The van der Waals surface area contributed by atoms with Gasteiger partial charge in [-0.05, 0) is 45.6 Å². The minimum atomic E-state index is -0.982. The van der Waals surface area contributed by atoms with Crippen LogP contribution in [0.4, 0.5) is 0 Å². The molecule has 4 heteroatoms. The summed E-state index contributed by atoms with van der Waals surface area (Å²) in [7, 11) is 0. The van der Waals surface area contributed by atoms with Crippen molar-refractivity contribution in [2.75, 3.05) is 6.54 Å². The summed E-state index contributed by atoms with van der Waals surface area (Å²) < 4.78 is 0. The zero-order valence-electron chi connectivity index (χ0n) is 17.2. The van der Waals surface area contributed by atoms with Crippen LogP contribution in [0.25, 0.3) is 0 Å². The van der Waals surface area contributed by atoms with Crippen LogP contribution in [-0.4, -0.2) is 34.9 Å². The molecule has 4 nitrogen and oxygen atoms in total. The minimum absolute atomic E-state index is 0.656. The maximum Gasteiger partial charge on any atom is 0.323 e. The van der Waals surface area contributed by atoms with Crippen LogP contribution in [0, 0.1) is 0 Å². The first-order valence-electron chi connectivity index (χ1n) is 10.9. The molecule has 0 unspecified atom stereocenters. The van der Waals surface area contributed by atoms with Gasteiger partial charge in [0.15, 0.2) is 0 Å². The zero-order chi connectivity index (χ0) is 19.5. The number of carbonyl (C=O) groups is 1. The predicted molar refractivity (Wildman–Crippen MR) is 111 cm³/mol. The molecule has 0 spiro atoms. The molecule has 0 bridgehead atoms. The molecule has 2 atom stereocenters. The Labute approximate surface area is 161 Å². The van der Waals surface area contributed by atoms with Crippen molar-refractivity contribution >= 4 is 5.97 Å². The second-order valence-electron chi connectivity index (χ2n) is 7.45. The number of aliphatic hydroxyl groups excluding tert-OH is 1. The van der Waals surface area contributed by atoms with Crippen LogP contribution in [0.1, 0.15) is 104 Å². The van der Waals surface area contributed by atoms with Gasteiger partial charge in [0.25, 0.3) is 0 Å². The second-order valence-corrected chi connectivity index (χ2v) is 7.45. The molecule has 0 fully saturated rings. The van der Waals surface area contributed by atoms with E-state index in [-0.39, 0.29) is 0 Å². The Kier molecular flexibility index (Phi) is 18.3. The van der Waals surface area contributed by atoms with Gasteiger partial charge in [0, 0.05) is 0 Å². The number of carboxylic acid groups (broad SMARTS) is 1. The molecule has 0 amide bonds. The topological polar surface area (TPSA) is 69.6 Å². The molecule has 0 aromatic carbocycles. The fourth-order valence-corrected chi connectivity index (χ4v) is 3.09. The van der Waals surface area contributed by atoms with Crippen molar-refractivity contribution < 1.29 is 15.0 Å². The Bertz CT molecular complexity index is 342. The first kappa shape index (κ1) is 25.1. The van der Waals surface area contributed by atoms with Gasteiger partial charge in [-0.3, -0.25) is 4.79 Å². The number of carboxylic acids is 1. The predicted octanol–water partition coefficient (Wildman–Crippen LogP) is 5.45. The van der Waals surface area contributed by atoms with E-state index < -0.39 is 18.1 Å². The fraction of sp³-hybridized carbons (Fsp3) is 0.864. The van der Waals surface area contributed by atoms with Crippen molar-refractivity contribution in [1.82, 2.24) is 5.32 Å². The lowest BCUT2D eigenvalue weighted by molar-refractivity contribution is -0.142. The maximum absolute atomic E-state index is 10.9. The average Bonchev–Trinajstić information content (AvgIpc) is 2.60. The van der Waals surface area contributed by atoms with Crippen LogP contribution in [0.3, 0.4) is 0 Å². The van der Waals surface area contributed by atoms with Crippen molar-refractivity contribution in [3.8, 4) is 0 Å². The second kappa shape index (κ2) is 18.9. The summed E-state index contributed by atoms with van der Waals surface area (Å²) in [5, 5.41) is 21.2. The number of rotatable bonds is 19. The molecular weight excluding hydrogens is 326 g/mol. The van der Waals surface area contributed by atoms with Gasteiger partial charge in [-0.2, -0.15) is 0 Å². The van der Waals surface area contributed by atoms with Crippen molar-refractivity contribution in [1.29, 1.82) is 0 Å². The van der Waals surface area contributed by atoms with Gasteiger partial charge in [-0.15, -0.1) is 0 Å². The lowest BCUT2D eigenvalue weighted by atomic mass is 10.1. The van der Waals surface area contributed by atoms with E-state index in [1.54, 1.807) is 0 Å². The van der Waals surface area contributed by atoms with Crippen LogP contribution in [0.2, 0.25) is 0 Å². The van der Waals surface area contributed by atoms with Crippen molar-refractivity contribution in [2.45, 2.75) is 116 Å². The van der Waals surface area contributed by atoms with Crippen LogP contribution >= 0.6 is 0 Å². The number of allylic oxidation sites excluding steroid dienone is 2. The normalized spacial score (nSPS) is 14.0. The summed E-state index contributed by atoms with van der Waals surface area (Å²) in [4.78, 5) is 10.9. The Morgan fingerprint density at radius 1 is 0.846 bits per heavy atom. The summed E-state index contributed by atoms with van der Waals surface area (Å²) in [6.45, 7) is 4.42. The van der Waals surface area contributed by atoms with E-state index in [0.29, 0.717) is 6.54 Å². The van der Waals surface area contributed by atoms with Gasteiger partial charge in [-0.25, -0.2) is 0 Å². The molecule has 3 N–H and O–H groups in total. The Hall–Kier alpha value is -0.870. The Morgan fingerprint density at radius 3 is 1.77 bits per heavy atom. The minimum Gasteiger partial charge on any atom is -0.480 e. The molecule has 0 radical (unpaired) electrons. The lowest BCUT2D eigenvalue weighted by Crippen LogP contribution is -2.45. The molecular formula is C22H43NO3. The van der Waals surface area contributed by atoms with Crippen LogP contribution in [0.15, 0.2) is 12.2 Å². The highest BCUT2D eigenvalue weighted by atomic mass is 16.4. The van der Waals surface area contributed by atoms with E-state index in [9.17, 15) is 9.90 Å². The molecule has 0 aliphatic carbocycles. The summed E-state index contributed by atoms with van der Waals surface area (Å²) >= 11 is 0. The average molecular weight is 370 g/mol. The number of unbranched alkanes of at least 4 members (excludes halogenated alkanes) is 12. The summed E-state index contributed by atoms with van der Waals surface area (Å²) in [6.07, 6.45) is 21.6. The third-order valence-electron chi connectivity index (χ3n) is 4.80.